The highest BCUT2D eigenvalue weighted by Gasteiger charge is 2.95. The van der Waals surface area contributed by atoms with Crippen LogP contribution in [0, 0.1) is 5.92 Å². The maximum absolute atomic E-state index is 15.0. The van der Waals surface area contributed by atoms with E-state index in [0.717, 1.165) is 0 Å². The van der Waals surface area contributed by atoms with E-state index in [-0.39, 0.29) is 44.3 Å². The van der Waals surface area contributed by atoms with Crippen LogP contribution in [-0.4, -0.2) is 96.5 Å². The van der Waals surface area contributed by atoms with Crippen molar-refractivity contribution in [1.82, 2.24) is 4.90 Å². The summed E-state index contributed by atoms with van der Waals surface area (Å²) in [6, 6.07) is -1.60. The summed E-state index contributed by atoms with van der Waals surface area (Å²) in [5.41, 5.74) is 11.8. The molecule has 0 amide bonds. The maximum atomic E-state index is 15.0. The number of hydrogen-bond donors (Lipinski definition) is 2. The van der Waals surface area contributed by atoms with Crippen LogP contribution >= 0.6 is 0 Å². The number of nitrogens with zero attached hydrogens (tertiary/aromatic N) is 1. The Kier molecular flexibility index (Phi) is 12.7. The van der Waals surface area contributed by atoms with Crippen molar-refractivity contribution in [2.45, 2.75) is 117 Å². The summed E-state index contributed by atoms with van der Waals surface area (Å²) >= 11 is 0. The average Bonchev–Trinajstić information content (AvgIpc) is 2.96. The average molecular weight is 740 g/mol. The van der Waals surface area contributed by atoms with Gasteiger partial charge in [0.15, 0.2) is 0 Å². The molecule has 2 aliphatic rings. The molecule has 2 rings (SSSR count). The van der Waals surface area contributed by atoms with Crippen LogP contribution < -0.4 is 11.5 Å². The van der Waals surface area contributed by atoms with Gasteiger partial charge in [-0.05, 0) is 38.5 Å². The van der Waals surface area contributed by atoms with Crippen LogP contribution in [0.25, 0.3) is 0 Å². The standard InChI is InChI=1S/C27H34F17N3O/c1-2-10-47(11-3-4-12-48-19-9-8-16(45)14-18(19)46)17-7-5-6-15(13-17)20(28,29)21(30,31)22(32,33)23(34,35)24(36,37)25(38,39)26(40,41)27(42,43)44/h2-4,15-19H,1,5-14,45-46H2/b4-3+. The SMILES string of the molecule is C=CCN(C/C=C/COC1CCC(N)CC1N)C1CCCC(C(F)(F)C(F)(F)C(F)(F)C(F)(F)C(F)(F)C(F)(F)C(F)(F)C(F)(F)F)C1. The van der Waals surface area contributed by atoms with Crippen molar-refractivity contribution in [3.8, 4) is 0 Å². The van der Waals surface area contributed by atoms with Crippen molar-refractivity contribution in [2.24, 2.45) is 17.4 Å². The van der Waals surface area contributed by atoms with Gasteiger partial charge in [-0.3, -0.25) is 4.90 Å². The summed E-state index contributed by atoms with van der Waals surface area (Å²) in [4.78, 5) is 1.33. The van der Waals surface area contributed by atoms with Crippen molar-refractivity contribution in [2.75, 3.05) is 19.7 Å². The molecule has 0 spiro atoms. The van der Waals surface area contributed by atoms with Gasteiger partial charge in [-0.1, -0.05) is 24.6 Å². The van der Waals surface area contributed by atoms with E-state index in [1.54, 1.807) is 0 Å². The minimum absolute atomic E-state index is 0.0228. The van der Waals surface area contributed by atoms with Crippen LogP contribution in [0.5, 0.6) is 0 Å². The fourth-order valence-corrected chi connectivity index (χ4v) is 5.67. The highest BCUT2D eigenvalue weighted by molar-refractivity contribution is 5.16. The van der Waals surface area contributed by atoms with Gasteiger partial charge in [0, 0.05) is 37.1 Å². The minimum atomic E-state index is -8.64. The Labute approximate surface area is 263 Å². The van der Waals surface area contributed by atoms with Gasteiger partial charge in [0.1, 0.15) is 0 Å². The van der Waals surface area contributed by atoms with Crippen LogP contribution in [0.15, 0.2) is 24.8 Å². The molecule has 0 saturated heterocycles. The predicted molar refractivity (Wildman–Crippen MR) is 137 cm³/mol. The summed E-state index contributed by atoms with van der Waals surface area (Å²) in [5.74, 6) is -59.3. The third-order valence-electron chi connectivity index (χ3n) is 8.57. The Morgan fingerprint density at radius 3 is 1.65 bits per heavy atom. The first-order chi connectivity index (χ1) is 21.6. The van der Waals surface area contributed by atoms with E-state index >= 15 is 8.78 Å². The van der Waals surface area contributed by atoms with Crippen LogP contribution in [0.4, 0.5) is 74.6 Å². The summed E-state index contributed by atoms with van der Waals surface area (Å²) in [6.45, 7) is 3.22. The first-order valence-corrected chi connectivity index (χ1v) is 14.4. The second kappa shape index (κ2) is 14.4. The highest BCUT2D eigenvalue weighted by atomic mass is 19.4. The fraction of sp³-hybridized carbons (Fsp3) is 0.852. The molecule has 2 saturated carbocycles. The molecule has 282 valence electrons. The van der Waals surface area contributed by atoms with Gasteiger partial charge in [-0.15, -0.1) is 6.58 Å². The topological polar surface area (TPSA) is 64.5 Å². The molecule has 0 heterocycles. The molecular weight excluding hydrogens is 705 g/mol. The van der Waals surface area contributed by atoms with Crippen molar-refractivity contribution in [1.29, 1.82) is 0 Å². The lowest BCUT2D eigenvalue weighted by Gasteiger charge is -2.45. The van der Waals surface area contributed by atoms with Crippen LogP contribution in [0.1, 0.15) is 44.9 Å². The second-order valence-corrected chi connectivity index (χ2v) is 11.9. The van der Waals surface area contributed by atoms with E-state index in [2.05, 4.69) is 6.58 Å². The molecular formula is C27H34F17N3O. The van der Waals surface area contributed by atoms with Crippen LogP contribution in [0.2, 0.25) is 0 Å². The van der Waals surface area contributed by atoms with E-state index in [1.807, 2.05) is 0 Å². The first-order valence-electron chi connectivity index (χ1n) is 14.4. The predicted octanol–water partition coefficient (Wildman–Crippen LogP) is 7.82. The van der Waals surface area contributed by atoms with Crippen LogP contribution in [-0.2, 0) is 4.74 Å². The Morgan fingerprint density at radius 2 is 1.15 bits per heavy atom. The van der Waals surface area contributed by atoms with Gasteiger partial charge in [-0.25, -0.2) is 0 Å². The zero-order valence-corrected chi connectivity index (χ0v) is 24.8. The van der Waals surface area contributed by atoms with Gasteiger partial charge in [-0.2, -0.15) is 74.6 Å². The number of alkyl halides is 17. The van der Waals surface area contributed by atoms with Gasteiger partial charge < -0.3 is 16.2 Å². The molecule has 0 aromatic carbocycles. The third kappa shape index (κ3) is 7.43. The smallest absolute Gasteiger partial charge is 0.373 e. The molecule has 0 aromatic heterocycles. The quantitative estimate of drug-likeness (QED) is 0.133. The van der Waals surface area contributed by atoms with Gasteiger partial charge in [0.2, 0.25) is 0 Å². The maximum Gasteiger partial charge on any atom is 0.460 e. The van der Waals surface area contributed by atoms with Crippen molar-refractivity contribution in [3.05, 3.63) is 24.8 Å². The van der Waals surface area contributed by atoms with E-state index in [9.17, 15) is 65.9 Å². The molecule has 4 N–H and O–H groups in total. The van der Waals surface area contributed by atoms with Crippen LogP contribution in [0.3, 0.4) is 0 Å². The normalized spacial score (nSPS) is 26.4. The lowest BCUT2D eigenvalue weighted by Crippen LogP contribution is -2.75. The van der Waals surface area contributed by atoms with E-state index in [1.165, 1.54) is 23.1 Å². The largest absolute Gasteiger partial charge is 0.460 e. The zero-order chi connectivity index (χ0) is 37.4. The molecule has 21 heteroatoms. The number of rotatable bonds is 15. The minimum Gasteiger partial charge on any atom is -0.373 e. The van der Waals surface area contributed by atoms with Crippen molar-refractivity contribution in [3.63, 3.8) is 0 Å². The highest BCUT2D eigenvalue weighted by Crippen LogP contribution is 2.65. The Morgan fingerprint density at radius 1 is 0.625 bits per heavy atom. The molecule has 0 aliphatic heterocycles. The second-order valence-electron chi connectivity index (χ2n) is 11.9. The molecule has 4 nitrogen and oxygen atoms in total. The zero-order valence-electron chi connectivity index (χ0n) is 24.8. The third-order valence-corrected chi connectivity index (χ3v) is 8.57. The lowest BCUT2D eigenvalue weighted by molar-refractivity contribution is -0.463. The van der Waals surface area contributed by atoms with Gasteiger partial charge >= 0.3 is 47.6 Å². The molecule has 2 fully saturated rings. The number of ether oxygens (including phenoxy) is 1. The summed E-state index contributed by atoms with van der Waals surface area (Å²) in [6.07, 6.45) is -4.96. The first kappa shape index (κ1) is 42.3. The number of hydrogen-bond acceptors (Lipinski definition) is 4. The Hall–Kier alpha value is -1.87. The molecule has 2 aliphatic carbocycles. The number of nitrogens with two attached hydrogens (primary N) is 2. The summed E-state index contributed by atoms with van der Waals surface area (Å²) < 4.78 is 240. The Balaban J connectivity index is 2.27. The van der Waals surface area contributed by atoms with E-state index in [0.29, 0.717) is 19.3 Å². The molecule has 0 bridgehead atoms. The summed E-state index contributed by atoms with van der Waals surface area (Å²) in [5, 5.41) is 0. The van der Waals surface area contributed by atoms with Crippen molar-refractivity contribution >= 4 is 0 Å². The lowest BCUT2D eigenvalue weighted by atomic mass is 9.76. The fourth-order valence-electron chi connectivity index (χ4n) is 5.67. The van der Waals surface area contributed by atoms with Gasteiger partial charge in [0.05, 0.1) is 12.7 Å². The van der Waals surface area contributed by atoms with E-state index in [4.69, 9.17) is 16.2 Å². The molecule has 0 radical (unpaired) electrons. The Bertz CT molecular complexity index is 1110. The molecule has 5 unspecified atom stereocenters. The van der Waals surface area contributed by atoms with E-state index < -0.39 is 78.9 Å². The van der Waals surface area contributed by atoms with Crippen molar-refractivity contribution < 1.29 is 79.4 Å². The van der Waals surface area contributed by atoms with Gasteiger partial charge in [0.25, 0.3) is 0 Å². The monoisotopic (exact) mass is 739 g/mol. The summed E-state index contributed by atoms with van der Waals surface area (Å²) in [7, 11) is 0. The molecule has 0 aromatic rings. The number of halogens is 17. The molecule has 48 heavy (non-hydrogen) atoms. The molecule has 5 atom stereocenters.